The summed E-state index contributed by atoms with van der Waals surface area (Å²) in [6, 6.07) is 12.0. The van der Waals surface area contributed by atoms with Crippen molar-refractivity contribution in [3.05, 3.63) is 54.4 Å². The molecule has 0 radical (unpaired) electrons. The number of thioether (sulfide) groups is 1. The monoisotopic (exact) mass is 341 g/mol. The topological polar surface area (TPSA) is 36.4 Å². The number of benzene rings is 1. The Morgan fingerprint density at radius 3 is 2.38 bits per heavy atom. The molecule has 24 heavy (non-hydrogen) atoms. The number of hydrogen-bond acceptors (Lipinski definition) is 4. The fourth-order valence-electron chi connectivity index (χ4n) is 2.89. The zero-order valence-electron chi connectivity index (χ0n) is 14.2. The van der Waals surface area contributed by atoms with Gasteiger partial charge in [0.15, 0.2) is 0 Å². The SMILES string of the molecule is CC(C)Sc1ccccc1C(=O)N1CCN(c2ccncc2)CC1. The van der Waals surface area contributed by atoms with Gasteiger partial charge in [-0.25, -0.2) is 0 Å². The molecule has 0 aliphatic carbocycles. The van der Waals surface area contributed by atoms with Gasteiger partial charge in [-0.1, -0.05) is 26.0 Å². The Morgan fingerprint density at radius 2 is 1.71 bits per heavy atom. The van der Waals surface area contributed by atoms with Gasteiger partial charge in [-0.3, -0.25) is 9.78 Å². The van der Waals surface area contributed by atoms with Crippen LogP contribution in [0.15, 0.2) is 53.7 Å². The van der Waals surface area contributed by atoms with Crippen molar-refractivity contribution in [2.45, 2.75) is 24.0 Å². The fourth-order valence-corrected chi connectivity index (χ4v) is 3.84. The molecule has 1 aliphatic heterocycles. The Morgan fingerprint density at radius 1 is 1.04 bits per heavy atom. The van der Waals surface area contributed by atoms with E-state index >= 15 is 0 Å². The molecule has 0 spiro atoms. The molecule has 4 nitrogen and oxygen atoms in total. The number of pyridine rings is 1. The van der Waals surface area contributed by atoms with Gasteiger partial charge < -0.3 is 9.80 Å². The zero-order valence-corrected chi connectivity index (χ0v) is 15.0. The quantitative estimate of drug-likeness (QED) is 0.797. The van der Waals surface area contributed by atoms with Crippen molar-refractivity contribution in [1.82, 2.24) is 9.88 Å². The molecule has 1 aliphatic rings. The van der Waals surface area contributed by atoms with E-state index in [0.29, 0.717) is 5.25 Å². The highest BCUT2D eigenvalue weighted by molar-refractivity contribution is 8.00. The molecule has 1 fully saturated rings. The van der Waals surface area contributed by atoms with Crippen molar-refractivity contribution in [1.29, 1.82) is 0 Å². The van der Waals surface area contributed by atoms with Crippen LogP contribution in [0.4, 0.5) is 5.69 Å². The van der Waals surface area contributed by atoms with Crippen molar-refractivity contribution in [3.63, 3.8) is 0 Å². The highest BCUT2D eigenvalue weighted by Crippen LogP contribution is 2.28. The molecule has 1 amide bonds. The summed E-state index contributed by atoms with van der Waals surface area (Å²) >= 11 is 1.75. The van der Waals surface area contributed by atoms with Crippen LogP contribution in [-0.4, -0.2) is 47.2 Å². The first-order valence-corrected chi connectivity index (χ1v) is 9.23. The lowest BCUT2D eigenvalue weighted by Crippen LogP contribution is -2.48. The van der Waals surface area contributed by atoms with Gasteiger partial charge in [-0.05, 0) is 24.3 Å². The minimum absolute atomic E-state index is 0.146. The Labute approximate surface area is 147 Å². The highest BCUT2D eigenvalue weighted by Gasteiger charge is 2.24. The van der Waals surface area contributed by atoms with E-state index in [4.69, 9.17) is 0 Å². The minimum Gasteiger partial charge on any atom is -0.368 e. The second-order valence-electron chi connectivity index (χ2n) is 6.15. The number of hydrogen-bond donors (Lipinski definition) is 0. The third kappa shape index (κ3) is 3.90. The van der Waals surface area contributed by atoms with Crippen LogP contribution in [0.3, 0.4) is 0 Å². The van der Waals surface area contributed by atoms with Crippen LogP contribution in [-0.2, 0) is 0 Å². The molecule has 0 atom stereocenters. The summed E-state index contributed by atoms with van der Waals surface area (Å²) in [4.78, 5) is 22.3. The largest absolute Gasteiger partial charge is 0.368 e. The van der Waals surface area contributed by atoms with E-state index in [0.717, 1.165) is 36.6 Å². The molecule has 2 heterocycles. The predicted octanol–water partition coefficient (Wildman–Crippen LogP) is 3.54. The number of nitrogens with zero attached hydrogens (tertiary/aromatic N) is 3. The third-order valence-corrected chi connectivity index (χ3v) is 5.16. The van der Waals surface area contributed by atoms with E-state index < -0.39 is 0 Å². The van der Waals surface area contributed by atoms with Crippen molar-refractivity contribution >= 4 is 23.4 Å². The Hall–Kier alpha value is -2.01. The fraction of sp³-hybridized carbons (Fsp3) is 0.368. The Bertz CT molecular complexity index is 682. The van der Waals surface area contributed by atoms with Gasteiger partial charge in [0.1, 0.15) is 0 Å². The molecular formula is C19H23N3OS. The first kappa shape index (κ1) is 16.8. The lowest BCUT2D eigenvalue weighted by molar-refractivity contribution is 0.0743. The first-order valence-electron chi connectivity index (χ1n) is 8.35. The molecule has 1 aromatic carbocycles. The summed E-state index contributed by atoms with van der Waals surface area (Å²) in [7, 11) is 0. The van der Waals surface area contributed by atoms with Crippen molar-refractivity contribution in [2.24, 2.45) is 0 Å². The standard InChI is InChI=1S/C19H23N3OS/c1-15(2)24-18-6-4-3-5-17(18)19(23)22-13-11-21(12-14-22)16-7-9-20-10-8-16/h3-10,15H,11-14H2,1-2H3. The van der Waals surface area contributed by atoms with Crippen molar-refractivity contribution in [2.75, 3.05) is 31.1 Å². The third-order valence-electron chi connectivity index (χ3n) is 4.07. The molecule has 0 N–H and O–H groups in total. The number of aromatic nitrogens is 1. The summed E-state index contributed by atoms with van der Waals surface area (Å²) in [5, 5.41) is 0.461. The lowest BCUT2D eigenvalue weighted by atomic mass is 10.1. The van der Waals surface area contributed by atoms with Gasteiger partial charge in [0.2, 0.25) is 0 Å². The maximum absolute atomic E-state index is 12.9. The first-order chi connectivity index (χ1) is 11.6. The van der Waals surface area contributed by atoms with E-state index in [1.54, 1.807) is 11.8 Å². The van der Waals surface area contributed by atoms with E-state index in [1.807, 2.05) is 53.7 Å². The van der Waals surface area contributed by atoms with Crippen molar-refractivity contribution < 1.29 is 4.79 Å². The molecule has 0 unspecified atom stereocenters. The number of carbonyl (C=O) groups excluding carboxylic acids is 1. The normalized spacial score (nSPS) is 15.0. The van der Waals surface area contributed by atoms with Crippen LogP contribution in [0.25, 0.3) is 0 Å². The van der Waals surface area contributed by atoms with Gasteiger partial charge in [-0.15, -0.1) is 11.8 Å². The molecule has 0 saturated carbocycles. The number of amides is 1. The number of anilines is 1. The van der Waals surface area contributed by atoms with Crippen LogP contribution in [0.2, 0.25) is 0 Å². The summed E-state index contributed by atoms with van der Waals surface area (Å²) in [5.74, 6) is 0.146. The lowest BCUT2D eigenvalue weighted by Gasteiger charge is -2.36. The molecule has 1 aromatic heterocycles. The number of piperazine rings is 1. The van der Waals surface area contributed by atoms with Crippen molar-refractivity contribution in [3.8, 4) is 0 Å². The molecule has 0 bridgehead atoms. The molecule has 3 rings (SSSR count). The summed E-state index contributed by atoms with van der Waals surface area (Å²) in [6.45, 7) is 7.52. The maximum atomic E-state index is 12.9. The summed E-state index contributed by atoms with van der Waals surface area (Å²) < 4.78 is 0. The Balaban J connectivity index is 1.68. The van der Waals surface area contributed by atoms with E-state index in [-0.39, 0.29) is 5.91 Å². The van der Waals surface area contributed by atoms with Gasteiger partial charge in [0.05, 0.1) is 5.56 Å². The molecule has 1 saturated heterocycles. The van der Waals surface area contributed by atoms with Crippen LogP contribution in [0, 0.1) is 0 Å². The van der Waals surface area contributed by atoms with E-state index in [9.17, 15) is 4.79 Å². The average Bonchev–Trinajstić information content (AvgIpc) is 2.62. The molecule has 2 aromatic rings. The highest BCUT2D eigenvalue weighted by atomic mass is 32.2. The maximum Gasteiger partial charge on any atom is 0.255 e. The number of rotatable bonds is 4. The number of carbonyl (C=O) groups is 1. The van der Waals surface area contributed by atoms with Gasteiger partial charge in [0.25, 0.3) is 5.91 Å². The van der Waals surface area contributed by atoms with E-state index in [2.05, 4.69) is 23.7 Å². The molecule has 5 heteroatoms. The zero-order chi connectivity index (χ0) is 16.9. The van der Waals surface area contributed by atoms with Crippen LogP contribution in [0.1, 0.15) is 24.2 Å². The minimum atomic E-state index is 0.146. The average molecular weight is 341 g/mol. The van der Waals surface area contributed by atoms with Crippen LogP contribution in [0.5, 0.6) is 0 Å². The smallest absolute Gasteiger partial charge is 0.255 e. The second kappa shape index (κ2) is 7.71. The van der Waals surface area contributed by atoms with E-state index in [1.165, 1.54) is 5.69 Å². The molecular weight excluding hydrogens is 318 g/mol. The van der Waals surface area contributed by atoms with Crippen LogP contribution >= 0.6 is 11.8 Å². The summed E-state index contributed by atoms with van der Waals surface area (Å²) in [5.41, 5.74) is 2.00. The second-order valence-corrected chi connectivity index (χ2v) is 7.77. The van der Waals surface area contributed by atoms with Gasteiger partial charge >= 0.3 is 0 Å². The van der Waals surface area contributed by atoms with Gasteiger partial charge in [-0.2, -0.15) is 0 Å². The predicted molar refractivity (Wildman–Crippen MR) is 99.8 cm³/mol. The summed E-state index contributed by atoms with van der Waals surface area (Å²) in [6.07, 6.45) is 3.62. The van der Waals surface area contributed by atoms with Crippen LogP contribution < -0.4 is 4.90 Å². The molecule has 126 valence electrons. The Kier molecular flexibility index (Phi) is 5.41. The van der Waals surface area contributed by atoms with Gasteiger partial charge in [0, 0.05) is 54.4 Å².